The summed E-state index contributed by atoms with van der Waals surface area (Å²) in [6.07, 6.45) is 2.02. The van der Waals surface area contributed by atoms with Gasteiger partial charge in [0.05, 0.1) is 28.2 Å². The third kappa shape index (κ3) is 2.88. The largest absolute Gasteiger partial charge is 0.481 e. The van der Waals surface area contributed by atoms with Crippen LogP contribution >= 0.6 is 22.7 Å². The first-order chi connectivity index (χ1) is 10.0. The van der Waals surface area contributed by atoms with E-state index in [2.05, 4.69) is 10.1 Å². The molecule has 0 aliphatic rings. The van der Waals surface area contributed by atoms with Crippen molar-refractivity contribution in [2.75, 3.05) is 0 Å². The molecule has 3 rings (SSSR count). The Hall–Kier alpha value is -1.99. The Balaban J connectivity index is 1.89. The number of carbonyl (C=O) groups is 1. The molecule has 0 bridgehead atoms. The molecule has 0 aliphatic carbocycles. The lowest BCUT2D eigenvalue weighted by Gasteiger charge is -1.92. The molecule has 0 saturated carbocycles. The van der Waals surface area contributed by atoms with Crippen LogP contribution in [0.5, 0.6) is 0 Å². The minimum atomic E-state index is -0.812. The van der Waals surface area contributed by atoms with Crippen LogP contribution < -0.4 is 0 Å². The van der Waals surface area contributed by atoms with Gasteiger partial charge in [0.1, 0.15) is 5.01 Å². The van der Waals surface area contributed by atoms with Gasteiger partial charge >= 0.3 is 5.97 Å². The molecule has 0 saturated heterocycles. The number of nitrogens with zero attached hydrogens (tertiary/aromatic N) is 3. The first-order valence-electron chi connectivity index (χ1n) is 6.30. The van der Waals surface area contributed by atoms with Crippen LogP contribution in [0.1, 0.15) is 10.6 Å². The van der Waals surface area contributed by atoms with Gasteiger partial charge in [0.15, 0.2) is 0 Å². The quantitative estimate of drug-likeness (QED) is 0.802. The summed E-state index contributed by atoms with van der Waals surface area (Å²) in [5.74, 6) is -0.812. The highest BCUT2D eigenvalue weighted by Crippen LogP contribution is 2.33. The summed E-state index contributed by atoms with van der Waals surface area (Å²) in [5, 5.41) is 16.1. The molecule has 3 heterocycles. The number of aliphatic carboxylic acids is 1. The van der Waals surface area contributed by atoms with E-state index in [1.165, 1.54) is 11.3 Å². The van der Waals surface area contributed by atoms with E-state index in [4.69, 9.17) is 5.11 Å². The van der Waals surface area contributed by atoms with E-state index in [0.29, 0.717) is 0 Å². The van der Waals surface area contributed by atoms with Crippen LogP contribution in [0.15, 0.2) is 23.7 Å². The lowest BCUT2D eigenvalue weighted by atomic mass is 10.3. The van der Waals surface area contributed by atoms with E-state index < -0.39 is 5.97 Å². The zero-order valence-corrected chi connectivity index (χ0v) is 13.2. The van der Waals surface area contributed by atoms with Gasteiger partial charge in [-0.3, -0.25) is 9.48 Å². The van der Waals surface area contributed by atoms with E-state index in [1.54, 1.807) is 16.0 Å². The fraction of sp³-hybridized carbons (Fsp3) is 0.214. The molecule has 0 fully saturated rings. The van der Waals surface area contributed by atoms with E-state index in [1.807, 2.05) is 37.7 Å². The highest BCUT2D eigenvalue weighted by atomic mass is 32.1. The Morgan fingerprint density at radius 3 is 2.90 bits per heavy atom. The average molecular weight is 319 g/mol. The zero-order valence-electron chi connectivity index (χ0n) is 11.5. The van der Waals surface area contributed by atoms with Crippen molar-refractivity contribution in [1.29, 1.82) is 0 Å². The Labute approximate surface area is 129 Å². The van der Waals surface area contributed by atoms with Crippen molar-refractivity contribution in [2.24, 2.45) is 7.05 Å². The summed E-state index contributed by atoms with van der Waals surface area (Å²) in [5.41, 5.74) is 2.88. The van der Waals surface area contributed by atoms with Crippen molar-refractivity contribution in [3.8, 4) is 21.1 Å². The third-order valence-corrected chi connectivity index (χ3v) is 4.97. The second-order valence-corrected chi connectivity index (χ2v) is 6.70. The third-order valence-electron chi connectivity index (χ3n) is 2.99. The summed E-state index contributed by atoms with van der Waals surface area (Å²) in [6, 6.07) is 3.78. The summed E-state index contributed by atoms with van der Waals surface area (Å²) in [4.78, 5) is 17.2. The molecule has 108 valence electrons. The Morgan fingerprint density at radius 1 is 1.43 bits per heavy atom. The van der Waals surface area contributed by atoms with Crippen LogP contribution in [0.25, 0.3) is 21.1 Å². The van der Waals surface area contributed by atoms with Crippen LogP contribution in [0.2, 0.25) is 0 Å². The fourth-order valence-electron chi connectivity index (χ4n) is 2.08. The van der Waals surface area contributed by atoms with Crippen molar-refractivity contribution >= 4 is 28.6 Å². The molecule has 0 atom stereocenters. The number of thiazole rings is 1. The summed E-state index contributed by atoms with van der Waals surface area (Å²) < 4.78 is 1.78. The fourth-order valence-corrected chi connectivity index (χ4v) is 4.00. The van der Waals surface area contributed by atoms with E-state index in [-0.39, 0.29) is 6.42 Å². The van der Waals surface area contributed by atoms with E-state index >= 15 is 0 Å². The van der Waals surface area contributed by atoms with Gasteiger partial charge in [-0.2, -0.15) is 5.10 Å². The van der Waals surface area contributed by atoms with Crippen LogP contribution in [-0.2, 0) is 18.3 Å². The smallest absolute Gasteiger partial charge is 0.308 e. The maximum Gasteiger partial charge on any atom is 0.308 e. The van der Waals surface area contributed by atoms with Crippen molar-refractivity contribution in [2.45, 2.75) is 13.3 Å². The number of carboxylic acids is 1. The van der Waals surface area contributed by atoms with Gasteiger partial charge in [-0.1, -0.05) is 0 Å². The number of hydrogen-bond acceptors (Lipinski definition) is 5. The number of rotatable bonds is 4. The predicted octanol–water partition coefficient (Wildman–Crippen LogP) is 3.21. The summed E-state index contributed by atoms with van der Waals surface area (Å²) in [6.45, 7) is 1.96. The second-order valence-electron chi connectivity index (χ2n) is 4.68. The van der Waals surface area contributed by atoms with Crippen molar-refractivity contribution in [3.05, 3.63) is 34.3 Å². The number of aromatic nitrogens is 3. The predicted molar refractivity (Wildman–Crippen MR) is 83.7 cm³/mol. The summed E-state index contributed by atoms with van der Waals surface area (Å²) >= 11 is 3.05. The maximum absolute atomic E-state index is 10.7. The highest BCUT2D eigenvalue weighted by Gasteiger charge is 2.13. The zero-order chi connectivity index (χ0) is 15.0. The number of thiophene rings is 1. The lowest BCUT2D eigenvalue weighted by Crippen LogP contribution is -1.96. The van der Waals surface area contributed by atoms with Crippen LogP contribution in [0.4, 0.5) is 0 Å². The van der Waals surface area contributed by atoms with Gasteiger partial charge in [0, 0.05) is 23.5 Å². The molecule has 0 aliphatic heterocycles. The molecule has 1 N–H and O–H groups in total. The van der Waals surface area contributed by atoms with Crippen LogP contribution in [0.3, 0.4) is 0 Å². The number of aryl methyl sites for hydroxylation is 2. The van der Waals surface area contributed by atoms with Gasteiger partial charge in [0.25, 0.3) is 0 Å². The Bertz CT molecular complexity index is 801. The minimum Gasteiger partial charge on any atom is -0.481 e. The van der Waals surface area contributed by atoms with Crippen molar-refractivity contribution in [1.82, 2.24) is 14.8 Å². The molecule has 0 unspecified atom stereocenters. The van der Waals surface area contributed by atoms with E-state index in [9.17, 15) is 4.79 Å². The molecule has 0 radical (unpaired) electrons. The highest BCUT2D eigenvalue weighted by molar-refractivity contribution is 7.16. The first-order valence-corrected chi connectivity index (χ1v) is 7.99. The molecule has 0 aromatic carbocycles. The standard InChI is InChI=1S/C14H13N3O2S2/c1-8-10(6-17(2)16-8)14-15-11(7-20-14)12-4-3-9(21-12)5-13(18)19/h3-4,6-7H,5H2,1-2H3,(H,18,19). The molecule has 3 aromatic rings. The first kappa shape index (κ1) is 14.0. The topological polar surface area (TPSA) is 68.0 Å². The summed E-state index contributed by atoms with van der Waals surface area (Å²) in [7, 11) is 1.89. The number of carboxylic acid groups (broad SMARTS) is 1. The molecule has 3 aromatic heterocycles. The molecule has 0 spiro atoms. The molecule has 7 heteroatoms. The van der Waals surface area contributed by atoms with Gasteiger partial charge in [0.2, 0.25) is 0 Å². The van der Waals surface area contributed by atoms with Gasteiger partial charge in [-0.15, -0.1) is 22.7 Å². The van der Waals surface area contributed by atoms with E-state index in [0.717, 1.165) is 31.7 Å². The normalized spacial score (nSPS) is 11.0. The molecule has 21 heavy (non-hydrogen) atoms. The van der Waals surface area contributed by atoms with Gasteiger partial charge in [-0.05, 0) is 19.1 Å². The monoisotopic (exact) mass is 319 g/mol. The van der Waals surface area contributed by atoms with Crippen LogP contribution in [-0.4, -0.2) is 25.8 Å². The van der Waals surface area contributed by atoms with Crippen molar-refractivity contribution < 1.29 is 9.90 Å². The van der Waals surface area contributed by atoms with Gasteiger partial charge in [-0.25, -0.2) is 4.98 Å². The molecule has 0 amide bonds. The molecular formula is C14H13N3O2S2. The minimum absolute atomic E-state index is 0.0589. The van der Waals surface area contributed by atoms with Crippen LogP contribution in [0, 0.1) is 6.92 Å². The Kier molecular flexibility index (Phi) is 3.60. The molecule has 5 nitrogen and oxygen atoms in total. The molecular weight excluding hydrogens is 306 g/mol. The Morgan fingerprint density at radius 2 is 2.24 bits per heavy atom. The SMILES string of the molecule is Cc1nn(C)cc1-c1nc(-c2ccc(CC(=O)O)s2)cs1. The lowest BCUT2D eigenvalue weighted by molar-refractivity contribution is -0.136. The second kappa shape index (κ2) is 5.42. The number of hydrogen-bond donors (Lipinski definition) is 1. The maximum atomic E-state index is 10.7. The average Bonchev–Trinajstić information content (AvgIpc) is 3.08. The van der Waals surface area contributed by atoms with Crippen molar-refractivity contribution in [3.63, 3.8) is 0 Å². The van der Waals surface area contributed by atoms with Gasteiger partial charge < -0.3 is 5.11 Å².